The molecule has 0 radical (unpaired) electrons. The molecule has 0 amide bonds. The molecule has 1 nitrogen and oxygen atoms in total. The largest absolute Gasteiger partial charge is 0.254 e. The van der Waals surface area contributed by atoms with Gasteiger partial charge in [0, 0.05) is 5.70 Å². The highest BCUT2D eigenvalue weighted by atomic mass is 14.7. The van der Waals surface area contributed by atoms with Crippen LogP contribution < -0.4 is 0 Å². The van der Waals surface area contributed by atoms with E-state index in [1.54, 1.807) is 0 Å². The van der Waals surface area contributed by atoms with Crippen LogP contribution in [0, 0.1) is 0 Å². The normalized spacial score (nSPS) is 19.1. The van der Waals surface area contributed by atoms with Gasteiger partial charge in [-0.3, -0.25) is 4.99 Å². The fraction of sp³-hybridized carbons (Fsp3) is 0.250. The summed E-state index contributed by atoms with van der Waals surface area (Å²) in [6, 6.07) is 0. The van der Waals surface area contributed by atoms with Crippen LogP contribution in [0.4, 0.5) is 0 Å². The molecule has 68 valence electrons. The van der Waals surface area contributed by atoms with E-state index in [1.807, 2.05) is 32.1 Å². The molecule has 0 unspecified atom stereocenters. The number of aliphatic imine (C=N–C) groups is 1. The van der Waals surface area contributed by atoms with Crippen molar-refractivity contribution in [1.29, 1.82) is 0 Å². The molecule has 0 heterocycles. The zero-order chi connectivity index (χ0) is 9.84. The lowest BCUT2D eigenvalue weighted by molar-refractivity contribution is 1.08. The summed E-state index contributed by atoms with van der Waals surface area (Å²) in [6.07, 6.45) is 6.93. The van der Waals surface area contributed by atoms with Crippen molar-refractivity contribution in [3.63, 3.8) is 0 Å². The highest BCUT2D eigenvalue weighted by molar-refractivity contribution is 6.11. The van der Waals surface area contributed by atoms with Crippen LogP contribution in [0.2, 0.25) is 0 Å². The second kappa shape index (κ2) is 4.04. The molecule has 0 atom stereocenters. The summed E-state index contributed by atoms with van der Waals surface area (Å²) in [6.45, 7) is 11.9. The fourth-order valence-electron chi connectivity index (χ4n) is 1.07. The van der Waals surface area contributed by atoms with Gasteiger partial charge >= 0.3 is 0 Å². The van der Waals surface area contributed by atoms with E-state index in [0.717, 1.165) is 23.4 Å². The van der Waals surface area contributed by atoms with Gasteiger partial charge in [0.1, 0.15) is 0 Å². The van der Waals surface area contributed by atoms with Crippen molar-refractivity contribution >= 4 is 5.71 Å². The molecule has 0 bridgehead atoms. The third-order valence-corrected chi connectivity index (χ3v) is 1.92. The van der Waals surface area contributed by atoms with Gasteiger partial charge in [0.05, 0.1) is 5.71 Å². The molecule has 1 aliphatic carbocycles. The van der Waals surface area contributed by atoms with Crippen LogP contribution >= 0.6 is 0 Å². The van der Waals surface area contributed by atoms with E-state index in [0.29, 0.717) is 0 Å². The van der Waals surface area contributed by atoms with Crippen LogP contribution in [0.3, 0.4) is 0 Å². The summed E-state index contributed by atoms with van der Waals surface area (Å²) in [5.74, 6) is 0. The maximum Gasteiger partial charge on any atom is 0.0699 e. The van der Waals surface area contributed by atoms with Gasteiger partial charge in [0.15, 0.2) is 0 Å². The van der Waals surface area contributed by atoms with Gasteiger partial charge in [0.25, 0.3) is 0 Å². The lowest BCUT2D eigenvalue weighted by atomic mass is 10.0. The molecule has 0 saturated heterocycles. The maximum atomic E-state index is 4.36. The van der Waals surface area contributed by atoms with E-state index in [9.17, 15) is 0 Å². The van der Waals surface area contributed by atoms with E-state index in [-0.39, 0.29) is 0 Å². The molecule has 13 heavy (non-hydrogen) atoms. The van der Waals surface area contributed by atoms with Crippen molar-refractivity contribution in [2.75, 3.05) is 0 Å². The average molecular weight is 173 g/mol. The Morgan fingerprint density at radius 1 is 1.46 bits per heavy atom. The predicted octanol–water partition coefficient (Wildman–Crippen LogP) is 3.42. The SMILES string of the molecule is C=C(CC)N=C1C=CC(C)=CC1=C. The first kappa shape index (κ1) is 9.72. The monoisotopic (exact) mass is 173 g/mol. The molecule has 0 spiro atoms. The third kappa shape index (κ3) is 2.55. The molecular formula is C12H15N. The zero-order valence-corrected chi connectivity index (χ0v) is 8.30. The minimum Gasteiger partial charge on any atom is -0.254 e. The standard InChI is InChI=1S/C12H15N/c1-5-11(4)13-12-7-6-9(2)8-10(12)3/h6-8H,3-5H2,1-2H3. The highest BCUT2D eigenvalue weighted by Crippen LogP contribution is 2.13. The van der Waals surface area contributed by atoms with E-state index in [1.165, 1.54) is 5.57 Å². The summed E-state index contributed by atoms with van der Waals surface area (Å²) in [7, 11) is 0. The topological polar surface area (TPSA) is 12.4 Å². The van der Waals surface area contributed by atoms with Gasteiger partial charge in [-0.05, 0) is 25.0 Å². The zero-order valence-electron chi connectivity index (χ0n) is 8.30. The molecule has 0 aromatic rings. The predicted molar refractivity (Wildman–Crippen MR) is 58.9 cm³/mol. The molecule has 1 heteroatoms. The van der Waals surface area contributed by atoms with Crippen LogP contribution in [0.5, 0.6) is 0 Å². The van der Waals surface area contributed by atoms with Crippen molar-refractivity contribution in [3.8, 4) is 0 Å². The number of nitrogens with zero attached hydrogens (tertiary/aromatic N) is 1. The van der Waals surface area contributed by atoms with E-state index in [4.69, 9.17) is 0 Å². The van der Waals surface area contributed by atoms with Crippen molar-refractivity contribution in [2.24, 2.45) is 4.99 Å². The van der Waals surface area contributed by atoms with Gasteiger partial charge < -0.3 is 0 Å². The van der Waals surface area contributed by atoms with E-state index >= 15 is 0 Å². The summed E-state index contributed by atoms with van der Waals surface area (Å²) in [5.41, 5.74) is 4.01. The molecule has 0 saturated carbocycles. The average Bonchev–Trinajstić information content (AvgIpc) is 2.09. The second-order valence-electron chi connectivity index (χ2n) is 3.16. The molecule has 0 aromatic heterocycles. The van der Waals surface area contributed by atoms with Gasteiger partial charge in [0.2, 0.25) is 0 Å². The van der Waals surface area contributed by atoms with Crippen molar-refractivity contribution in [1.82, 2.24) is 0 Å². The van der Waals surface area contributed by atoms with Gasteiger partial charge in [-0.2, -0.15) is 0 Å². The minimum absolute atomic E-state index is 0.882. The van der Waals surface area contributed by atoms with Gasteiger partial charge in [-0.1, -0.05) is 37.8 Å². The summed E-state index contributed by atoms with van der Waals surface area (Å²) in [4.78, 5) is 4.36. The van der Waals surface area contributed by atoms with Crippen molar-refractivity contribution < 1.29 is 0 Å². The van der Waals surface area contributed by atoms with Crippen LogP contribution in [-0.4, -0.2) is 5.71 Å². The molecule has 1 rings (SSSR count). The molecule has 0 aliphatic heterocycles. The molecule has 1 aliphatic rings. The van der Waals surface area contributed by atoms with Crippen LogP contribution in [0.15, 0.2) is 53.2 Å². The molecule has 0 aromatic carbocycles. The van der Waals surface area contributed by atoms with Crippen molar-refractivity contribution in [2.45, 2.75) is 20.3 Å². The number of hydrogen-bond donors (Lipinski definition) is 0. The first-order valence-corrected chi connectivity index (χ1v) is 4.45. The minimum atomic E-state index is 0.882. The maximum absolute atomic E-state index is 4.36. The quantitative estimate of drug-likeness (QED) is 0.606. The number of rotatable bonds is 2. The van der Waals surface area contributed by atoms with Crippen molar-refractivity contribution in [3.05, 3.63) is 48.2 Å². The van der Waals surface area contributed by atoms with Crippen LogP contribution in [-0.2, 0) is 0 Å². The van der Waals surface area contributed by atoms with E-state index < -0.39 is 0 Å². The van der Waals surface area contributed by atoms with E-state index in [2.05, 4.69) is 18.2 Å². The van der Waals surface area contributed by atoms with Crippen LogP contribution in [0.25, 0.3) is 0 Å². The smallest absolute Gasteiger partial charge is 0.0699 e. The molecule has 0 fully saturated rings. The van der Waals surface area contributed by atoms with Crippen LogP contribution in [0.1, 0.15) is 20.3 Å². The Kier molecular flexibility index (Phi) is 3.02. The fourth-order valence-corrected chi connectivity index (χ4v) is 1.07. The third-order valence-electron chi connectivity index (χ3n) is 1.92. The van der Waals surface area contributed by atoms with Gasteiger partial charge in [-0.15, -0.1) is 0 Å². The number of hydrogen-bond acceptors (Lipinski definition) is 1. The first-order valence-electron chi connectivity index (χ1n) is 4.45. The Labute approximate surface area is 79.9 Å². The molecule has 0 N–H and O–H groups in total. The second-order valence-corrected chi connectivity index (χ2v) is 3.16. The Balaban J connectivity index is 2.87. The first-order chi connectivity index (χ1) is 6.13. The lowest BCUT2D eigenvalue weighted by Gasteiger charge is -2.07. The summed E-state index contributed by atoms with van der Waals surface area (Å²) >= 11 is 0. The Morgan fingerprint density at radius 2 is 2.15 bits per heavy atom. The lowest BCUT2D eigenvalue weighted by Crippen LogP contribution is -2.00. The Morgan fingerprint density at radius 3 is 2.69 bits per heavy atom. The number of allylic oxidation sites excluding steroid dienone is 6. The summed E-state index contributed by atoms with van der Waals surface area (Å²) in [5, 5.41) is 0. The Hall–Kier alpha value is -1.37. The molecular weight excluding hydrogens is 158 g/mol. The van der Waals surface area contributed by atoms with Gasteiger partial charge in [-0.25, -0.2) is 0 Å². The highest BCUT2D eigenvalue weighted by Gasteiger charge is 2.03. The Bertz CT molecular complexity index is 327. The summed E-state index contributed by atoms with van der Waals surface area (Å²) < 4.78 is 0.